The largest absolute Gasteiger partial charge is 0.434 e. The van der Waals surface area contributed by atoms with Gasteiger partial charge >= 0.3 is 6.61 Å². The zero-order valence-corrected chi connectivity index (χ0v) is 11.2. The van der Waals surface area contributed by atoms with Crippen molar-refractivity contribution in [3.8, 4) is 5.75 Å². The summed E-state index contributed by atoms with van der Waals surface area (Å²) in [5, 5.41) is 2.53. The van der Waals surface area contributed by atoms with E-state index in [0.29, 0.717) is 5.52 Å². The molecule has 0 radical (unpaired) electrons. The maximum Gasteiger partial charge on any atom is 0.387 e. The molecular formula is C15H11F2N3O2. The van der Waals surface area contributed by atoms with Crippen molar-refractivity contribution in [2.24, 2.45) is 0 Å². The number of hydrogen-bond acceptors (Lipinski definition) is 3. The highest BCUT2D eigenvalue weighted by Crippen LogP contribution is 2.21. The second-order valence-electron chi connectivity index (χ2n) is 4.43. The van der Waals surface area contributed by atoms with Gasteiger partial charge in [0.25, 0.3) is 5.91 Å². The van der Waals surface area contributed by atoms with E-state index in [9.17, 15) is 13.6 Å². The van der Waals surface area contributed by atoms with Gasteiger partial charge < -0.3 is 9.72 Å². The number of amides is 1. The number of aromatic nitrogens is 2. The summed E-state index contributed by atoms with van der Waals surface area (Å²) < 4.78 is 29.1. The number of imidazole rings is 1. The van der Waals surface area contributed by atoms with Crippen molar-refractivity contribution in [1.29, 1.82) is 0 Å². The Balaban J connectivity index is 1.85. The number of hydrogen-bond donors (Lipinski definition) is 2. The Morgan fingerprint density at radius 2 is 1.86 bits per heavy atom. The first-order chi connectivity index (χ1) is 10.6. The van der Waals surface area contributed by atoms with E-state index in [4.69, 9.17) is 0 Å². The predicted octanol–water partition coefficient (Wildman–Crippen LogP) is 3.42. The summed E-state index contributed by atoms with van der Waals surface area (Å²) in [6, 6.07) is 13.0. The fraction of sp³-hybridized carbons (Fsp3) is 0.0667. The van der Waals surface area contributed by atoms with Gasteiger partial charge in [0.2, 0.25) is 5.95 Å². The van der Waals surface area contributed by atoms with E-state index in [-0.39, 0.29) is 17.3 Å². The van der Waals surface area contributed by atoms with Gasteiger partial charge in [0.1, 0.15) is 5.75 Å². The summed E-state index contributed by atoms with van der Waals surface area (Å²) in [4.78, 5) is 19.3. The maximum atomic E-state index is 12.4. The average Bonchev–Trinajstić information content (AvgIpc) is 2.89. The van der Waals surface area contributed by atoms with Gasteiger partial charge in [0.05, 0.1) is 16.6 Å². The Kier molecular flexibility index (Phi) is 3.69. The second-order valence-corrected chi connectivity index (χ2v) is 4.43. The lowest BCUT2D eigenvalue weighted by molar-refractivity contribution is -0.0501. The summed E-state index contributed by atoms with van der Waals surface area (Å²) in [6.45, 7) is -3.00. The highest BCUT2D eigenvalue weighted by molar-refractivity contribution is 6.05. The number of benzene rings is 2. The molecule has 112 valence electrons. The van der Waals surface area contributed by atoms with Crippen molar-refractivity contribution in [3.63, 3.8) is 0 Å². The SMILES string of the molecule is O=C(Nc1nc2ccccc2[nH]1)c1ccccc1OC(F)F. The second kappa shape index (κ2) is 5.80. The number of halogens is 2. The van der Waals surface area contributed by atoms with Gasteiger partial charge in [0, 0.05) is 0 Å². The van der Waals surface area contributed by atoms with Crippen molar-refractivity contribution in [3.05, 3.63) is 54.1 Å². The third-order valence-corrected chi connectivity index (χ3v) is 2.97. The molecule has 0 fully saturated rings. The molecule has 1 aromatic heterocycles. The topological polar surface area (TPSA) is 67.0 Å². The maximum absolute atomic E-state index is 12.4. The molecule has 0 aliphatic heterocycles. The van der Waals surface area contributed by atoms with Crippen LogP contribution in [0.25, 0.3) is 11.0 Å². The van der Waals surface area contributed by atoms with Gasteiger partial charge in [-0.15, -0.1) is 0 Å². The highest BCUT2D eigenvalue weighted by atomic mass is 19.3. The first-order valence-corrected chi connectivity index (χ1v) is 6.43. The summed E-state index contributed by atoms with van der Waals surface area (Å²) in [5.74, 6) is -0.542. The van der Waals surface area contributed by atoms with Crippen LogP contribution in [0.1, 0.15) is 10.4 Å². The summed E-state index contributed by atoms with van der Waals surface area (Å²) in [6.07, 6.45) is 0. The quantitative estimate of drug-likeness (QED) is 0.776. The number of fused-ring (bicyclic) bond motifs is 1. The molecule has 2 N–H and O–H groups in total. The Morgan fingerprint density at radius 1 is 1.14 bits per heavy atom. The first kappa shape index (κ1) is 14.0. The minimum absolute atomic E-state index is 0.00301. The molecule has 22 heavy (non-hydrogen) atoms. The molecule has 0 aliphatic rings. The van der Waals surface area contributed by atoms with Crippen LogP contribution in [0.5, 0.6) is 5.75 Å². The zero-order valence-electron chi connectivity index (χ0n) is 11.2. The summed E-state index contributed by atoms with van der Waals surface area (Å²) >= 11 is 0. The summed E-state index contributed by atoms with van der Waals surface area (Å²) in [7, 11) is 0. The van der Waals surface area contributed by atoms with E-state index in [0.717, 1.165) is 5.52 Å². The number of carbonyl (C=O) groups excluding carboxylic acids is 1. The van der Waals surface area contributed by atoms with Crippen LogP contribution in [0, 0.1) is 0 Å². The number of rotatable bonds is 4. The molecule has 0 saturated heterocycles. The summed E-state index contributed by atoms with van der Waals surface area (Å²) in [5.41, 5.74) is 1.45. The average molecular weight is 303 g/mol. The van der Waals surface area contributed by atoms with Crippen LogP contribution in [0.2, 0.25) is 0 Å². The fourth-order valence-electron chi connectivity index (χ4n) is 2.04. The number of nitrogens with one attached hydrogen (secondary N) is 2. The Bertz CT molecular complexity index is 784. The molecule has 1 amide bonds. The number of nitrogens with zero attached hydrogens (tertiary/aromatic N) is 1. The van der Waals surface area contributed by atoms with Crippen LogP contribution < -0.4 is 10.1 Å². The monoisotopic (exact) mass is 303 g/mol. The van der Waals surface area contributed by atoms with Gasteiger partial charge in [-0.25, -0.2) is 4.98 Å². The molecule has 0 aliphatic carbocycles. The predicted molar refractivity (Wildman–Crippen MR) is 77.1 cm³/mol. The van der Waals surface area contributed by atoms with E-state index in [2.05, 4.69) is 20.0 Å². The van der Waals surface area contributed by atoms with E-state index in [1.165, 1.54) is 18.2 Å². The molecule has 0 bridgehead atoms. The number of carbonyl (C=O) groups is 1. The number of para-hydroxylation sites is 3. The molecule has 1 heterocycles. The van der Waals surface area contributed by atoms with E-state index in [1.807, 2.05) is 18.2 Å². The standard InChI is InChI=1S/C15H11F2N3O2/c16-14(17)22-12-8-4-1-5-9(12)13(21)20-15-18-10-6-2-3-7-11(10)19-15/h1-8,14H,(H2,18,19,20,21). The molecule has 7 heteroatoms. The smallest absolute Gasteiger partial charge is 0.387 e. The van der Waals surface area contributed by atoms with Crippen LogP contribution in [0.15, 0.2) is 48.5 Å². The van der Waals surface area contributed by atoms with Gasteiger partial charge in [-0.3, -0.25) is 10.1 Å². The molecule has 0 saturated carbocycles. The van der Waals surface area contributed by atoms with Crippen LogP contribution in [-0.4, -0.2) is 22.5 Å². The third kappa shape index (κ3) is 2.88. The van der Waals surface area contributed by atoms with Crippen LogP contribution in [0.4, 0.5) is 14.7 Å². The highest BCUT2D eigenvalue weighted by Gasteiger charge is 2.16. The van der Waals surface area contributed by atoms with Crippen LogP contribution >= 0.6 is 0 Å². The van der Waals surface area contributed by atoms with E-state index in [1.54, 1.807) is 12.1 Å². The van der Waals surface area contributed by atoms with Crippen molar-refractivity contribution >= 4 is 22.9 Å². The number of anilines is 1. The molecule has 5 nitrogen and oxygen atoms in total. The number of alkyl halides is 2. The zero-order chi connectivity index (χ0) is 15.5. The van der Waals surface area contributed by atoms with E-state index < -0.39 is 12.5 Å². The van der Waals surface area contributed by atoms with E-state index >= 15 is 0 Å². The van der Waals surface area contributed by atoms with Crippen molar-refractivity contribution < 1.29 is 18.3 Å². The van der Waals surface area contributed by atoms with Crippen molar-refractivity contribution in [2.75, 3.05) is 5.32 Å². The number of H-pyrrole nitrogens is 1. The third-order valence-electron chi connectivity index (χ3n) is 2.97. The Hall–Kier alpha value is -2.96. The lowest BCUT2D eigenvalue weighted by atomic mass is 10.2. The van der Waals surface area contributed by atoms with Crippen molar-refractivity contribution in [2.45, 2.75) is 6.61 Å². The van der Waals surface area contributed by atoms with Gasteiger partial charge in [0.15, 0.2) is 0 Å². The van der Waals surface area contributed by atoms with Gasteiger partial charge in [-0.2, -0.15) is 8.78 Å². The Morgan fingerprint density at radius 3 is 2.64 bits per heavy atom. The van der Waals surface area contributed by atoms with Gasteiger partial charge in [-0.1, -0.05) is 24.3 Å². The van der Waals surface area contributed by atoms with Crippen molar-refractivity contribution in [1.82, 2.24) is 9.97 Å². The molecule has 3 rings (SSSR count). The first-order valence-electron chi connectivity index (χ1n) is 6.43. The number of aromatic amines is 1. The minimum atomic E-state index is -3.00. The fourth-order valence-corrected chi connectivity index (χ4v) is 2.04. The normalized spacial score (nSPS) is 10.9. The minimum Gasteiger partial charge on any atom is -0.434 e. The van der Waals surface area contributed by atoms with Crippen LogP contribution in [0.3, 0.4) is 0 Å². The molecule has 0 unspecified atom stereocenters. The van der Waals surface area contributed by atoms with Crippen LogP contribution in [-0.2, 0) is 0 Å². The molecule has 0 atom stereocenters. The lowest BCUT2D eigenvalue weighted by Crippen LogP contribution is -2.15. The van der Waals surface area contributed by atoms with Gasteiger partial charge in [-0.05, 0) is 24.3 Å². The molecule has 3 aromatic rings. The lowest BCUT2D eigenvalue weighted by Gasteiger charge is -2.09. The molecule has 2 aromatic carbocycles. The molecule has 0 spiro atoms. The number of ether oxygens (including phenoxy) is 1. The molecular weight excluding hydrogens is 292 g/mol. The Labute approximate surface area is 123 Å².